The molecule has 0 bridgehead atoms. The van der Waals surface area contributed by atoms with Gasteiger partial charge in [-0.2, -0.15) is 18.2 Å². The lowest BCUT2D eigenvalue weighted by Gasteiger charge is -2.39. The first-order chi connectivity index (χ1) is 13.4. The summed E-state index contributed by atoms with van der Waals surface area (Å²) < 4.78 is 47.4. The van der Waals surface area contributed by atoms with Gasteiger partial charge in [-0.3, -0.25) is 4.79 Å². The predicted molar refractivity (Wildman–Crippen MR) is 92.3 cm³/mol. The molecule has 1 saturated carbocycles. The molecule has 2 aliphatic rings. The van der Waals surface area contributed by atoms with Crippen molar-refractivity contribution in [2.75, 3.05) is 13.2 Å². The Balaban J connectivity index is 1.45. The van der Waals surface area contributed by atoms with Crippen LogP contribution in [0.1, 0.15) is 48.4 Å². The maximum absolute atomic E-state index is 12.7. The number of carbonyl (C=O) groups excluding carboxylic acids is 1. The Morgan fingerprint density at radius 2 is 1.86 bits per heavy atom. The number of aromatic nitrogens is 2. The number of amides is 1. The number of hydrogen-bond acceptors (Lipinski definition) is 5. The number of nitrogens with zero attached hydrogens (tertiary/aromatic N) is 2. The van der Waals surface area contributed by atoms with Crippen molar-refractivity contribution >= 4 is 5.91 Å². The van der Waals surface area contributed by atoms with E-state index < -0.39 is 12.1 Å². The number of hydrogen-bond donors (Lipinski definition) is 1. The molecule has 1 unspecified atom stereocenters. The number of nitrogens with one attached hydrogen (secondary N) is 1. The summed E-state index contributed by atoms with van der Waals surface area (Å²) in [5.41, 5.74) is 0.905. The van der Waals surface area contributed by atoms with Crippen LogP contribution in [-0.4, -0.2) is 35.3 Å². The highest BCUT2D eigenvalue weighted by Gasteiger charge is 2.44. The Labute approximate surface area is 159 Å². The zero-order chi connectivity index (χ0) is 19.8. The van der Waals surface area contributed by atoms with E-state index in [-0.39, 0.29) is 23.2 Å². The van der Waals surface area contributed by atoms with Crippen LogP contribution in [0.25, 0.3) is 11.4 Å². The minimum atomic E-state index is -4.69. The second-order valence-corrected chi connectivity index (χ2v) is 7.39. The van der Waals surface area contributed by atoms with Crippen LogP contribution in [0.15, 0.2) is 28.8 Å². The molecule has 1 atom stereocenters. The van der Waals surface area contributed by atoms with Crippen molar-refractivity contribution in [3.63, 3.8) is 0 Å². The summed E-state index contributed by atoms with van der Waals surface area (Å²) in [6.07, 6.45) is 0.356. The third-order valence-electron chi connectivity index (χ3n) is 5.77. The van der Waals surface area contributed by atoms with Gasteiger partial charge in [-0.1, -0.05) is 23.7 Å². The molecule has 2 fully saturated rings. The molecule has 2 aromatic rings. The van der Waals surface area contributed by atoms with Crippen LogP contribution in [0.2, 0.25) is 0 Å². The Kier molecular flexibility index (Phi) is 4.86. The first-order valence-electron chi connectivity index (χ1n) is 9.27. The molecule has 6 nitrogen and oxygen atoms in total. The number of halogens is 3. The van der Waals surface area contributed by atoms with Crippen molar-refractivity contribution in [3.8, 4) is 11.4 Å². The summed E-state index contributed by atoms with van der Waals surface area (Å²) in [5, 5.41) is 6.50. The first kappa shape index (κ1) is 18.9. The molecule has 1 aliphatic heterocycles. The molecular weight excluding hydrogens is 375 g/mol. The number of ether oxygens (including phenoxy) is 1. The van der Waals surface area contributed by atoms with E-state index in [0.717, 1.165) is 45.3 Å². The van der Waals surface area contributed by atoms with E-state index in [0.29, 0.717) is 11.1 Å². The van der Waals surface area contributed by atoms with Crippen LogP contribution in [0, 0.1) is 5.41 Å². The summed E-state index contributed by atoms with van der Waals surface area (Å²) in [4.78, 5) is 16.0. The van der Waals surface area contributed by atoms with E-state index in [4.69, 9.17) is 4.74 Å². The molecule has 1 aromatic carbocycles. The lowest BCUT2D eigenvalue weighted by molar-refractivity contribution is -0.159. The van der Waals surface area contributed by atoms with Gasteiger partial charge in [0.1, 0.15) is 0 Å². The van der Waals surface area contributed by atoms with Gasteiger partial charge < -0.3 is 14.6 Å². The Hall–Kier alpha value is -2.42. The van der Waals surface area contributed by atoms with E-state index in [1.54, 1.807) is 12.1 Å². The van der Waals surface area contributed by atoms with Crippen molar-refractivity contribution in [2.24, 2.45) is 5.41 Å². The number of alkyl halides is 3. The summed E-state index contributed by atoms with van der Waals surface area (Å²) in [5.74, 6) is -1.75. The van der Waals surface area contributed by atoms with Crippen LogP contribution < -0.4 is 5.32 Å². The summed E-state index contributed by atoms with van der Waals surface area (Å²) in [6.45, 7) is 1.46. The summed E-state index contributed by atoms with van der Waals surface area (Å²) in [7, 11) is 0. The van der Waals surface area contributed by atoms with Gasteiger partial charge in [0.15, 0.2) is 0 Å². The predicted octanol–water partition coefficient (Wildman–Crippen LogP) is 3.83. The fourth-order valence-electron chi connectivity index (χ4n) is 4.21. The maximum Gasteiger partial charge on any atom is 0.471 e. The van der Waals surface area contributed by atoms with Crippen molar-refractivity contribution in [2.45, 2.75) is 44.3 Å². The van der Waals surface area contributed by atoms with Crippen molar-refractivity contribution in [3.05, 3.63) is 35.7 Å². The second-order valence-electron chi connectivity index (χ2n) is 7.39. The molecule has 2 heterocycles. The summed E-state index contributed by atoms with van der Waals surface area (Å²) >= 11 is 0. The quantitative estimate of drug-likeness (QED) is 0.855. The van der Waals surface area contributed by atoms with Gasteiger partial charge in [-0.05, 0) is 43.2 Å². The van der Waals surface area contributed by atoms with Crippen molar-refractivity contribution in [1.82, 2.24) is 15.5 Å². The second kappa shape index (κ2) is 7.20. The van der Waals surface area contributed by atoms with Gasteiger partial charge in [0, 0.05) is 30.4 Å². The average Bonchev–Trinajstić information content (AvgIpc) is 3.31. The average molecular weight is 395 g/mol. The van der Waals surface area contributed by atoms with Crippen LogP contribution in [0.4, 0.5) is 13.2 Å². The third kappa shape index (κ3) is 3.63. The summed E-state index contributed by atoms with van der Waals surface area (Å²) in [6, 6.07) is 6.26. The standard InChI is InChI=1S/C19H20F3N3O3/c20-19(21,22)17-24-15(25-28-17)12-3-5-13(6-4-12)16(26)23-14-2-1-7-18(14)8-10-27-11-9-18/h3-6,14H,1-2,7-11H2,(H,23,26). The molecule has 1 N–H and O–H groups in total. The number of benzene rings is 1. The van der Waals surface area contributed by atoms with E-state index in [2.05, 4.69) is 20.0 Å². The minimum absolute atomic E-state index is 0.118. The van der Waals surface area contributed by atoms with E-state index in [1.165, 1.54) is 12.1 Å². The third-order valence-corrected chi connectivity index (χ3v) is 5.77. The van der Waals surface area contributed by atoms with Gasteiger partial charge in [0.05, 0.1) is 0 Å². The fourth-order valence-corrected chi connectivity index (χ4v) is 4.21. The Morgan fingerprint density at radius 1 is 1.14 bits per heavy atom. The lowest BCUT2D eigenvalue weighted by atomic mass is 9.75. The zero-order valence-electron chi connectivity index (χ0n) is 15.1. The van der Waals surface area contributed by atoms with Gasteiger partial charge in [0.2, 0.25) is 5.82 Å². The molecule has 1 saturated heterocycles. The smallest absolute Gasteiger partial charge is 0.381 e. The van der Waals surface area contributed by atoms with Crippen LogP contribution in [0.5, 0.6) is 0 Å². The maximum atomic E-state index is 12.7. The van der Waals surface area contributed by atoms with Gasteiger partial charge in [-0.25, -0.2) is 0 Å². The van der Waals surface area contributed by atoms with Crippen LogP contribution in [0.3, 0.4) is 0 Å². The Bertz CT molecular complexity index is 842. The molecule has 1 spiro atoms. The monoisotopic (exact) mass is 395 g/mol. The fraction of sp³-hybridized carbons (Fsp3) is 0.526. The van der Waals surface area contributed by atoms with Crippen molar-refractivity contribution < 1.29 is 27.2 Å². The number of rotatable bonds is 3. The van der Waals surface area contributed by atoms with E-state index in [1.807, 2.05) is 0 Å². The molecule has 1 aromatic heterocycles. The molecule has 1 amide bonds. The van der Waals surface area contributed by atoms with E-state index in [9.17, 15) is 18.0 Å². The lowest BCUT2D eigenvalue weighted by Crippen LogP contribution is -2.47. The minimum Gasteiger partial charge on any atom is -0.381 e. The highest BCUT2D eigenvalue weighted by Crippen LogP contribution is 2.46. The first-order valence-corrected chi connectivity index (χ1v) is 9.27. The van der Waals surface area contributed by atoms with Gasteiger partial charge in [0.25, 0.3) is 5.91 Å². The van der Waals surface area contributed by atoms with Gasteiger partial charge >= 0.3 is 12.1 Å². The molecule has 0 radical (unpaired) electrons. The van der Waals surface area contributed by atoms with Crippen molar-refractivity contribution in [1.29, 1.82) is 0 Å². The zero-order valence-corrected chi connectivity index (χ0v) is 15.1. The van der Waals surface area contributed by atoms with Crippen LogP contribution >= 0.6 is 0 Å². The molecule has 9 heteroatoms. The normalized spacial score (nSPS) is 21.8. The molecule has 28 heavy (non-hydrogen) atoms. The molecule has 4 rings (SSSR count). The highest BCUT2D eigenvalue weighted by atomic mass is 19.4. The SMILES string of the molecule is O=C(NC1CCCC12CCOCC2)c1ccc(-c2noc(C(F)(F)F)n2)cc1. The van der Waals surface area contributed by atoms with E-state index >= 15 is 0 Å². The number of carbonyl (C=O) groups is 1. The van der Waals surface area contributed by atoms with Crippen LogP contribution in [-0.2, 0) is 10.9 Å². The Morgan fingerprint density at radius 3 is 2.50 bits per heavy atom. The highest BCUT2D eigenvalue weighted by molar-refractivity contribution is 5.94. The molecule has 150 valence electrons. The largest absolute Gasteiger partial charge is 0.471 e. The van der Waals surface area contributed by atoms with Gasteiger partial charge in [-0.15, -0.1) is 0 Å². The molecule has 1 aliphatic carbocycles. The topological polar surface area (TPSA) is 77.2 Å². The molecular formula is C19H20F3N3O3.